The van der Waals surface area contributed by atoms with Crippen LogP contribution >= 0.6 is 0 Å². The molecule has 0 heterocycles. The third kappa shape index (κ3) is 4.12. The number of rotatable bonds is 8. The van der Waals surface area contributed by atoms with E-state index in [1.165, 1.54) is 57.8 Å². The Morgan fingerprint density at radius 1 is 1.00 bits per heavy atom. The highest BCUT2D eigenvalue weighted by molar-refractivity contribution is 4.93. The molecule has 1 nitrogen and oxygen atoms in total. The molecule has 0 unspecified atom stereocenters. The monoisotopic (exact) mass is 183 g/mol. The topological polar surface area (TPSA) is 26.0 Å². The molecule has 1 saturated carbocycles. The van der Waals surface area contributed by atoms with E-state index in [0.717, 1.165) is 6.54 Å². The number of hydrogen-bond acceptors (Lipinski definition) is 1. The highest BCUT2D eigenvalue weighted by atomic mass is 14.6. The number of nitrogens with two attached hydrogens (primary N) is 1. The first kappa shape index (κ1) is 11.0. The van der Waals surface area contributed by atoms with Crippen LogP contribution in [0.15, 0.2) is 0 Å². The molecule has 1 heteroatoms. The average Bonchev–Trinajstić information content (AvgIpc) is 2.92. The molecule has 0 spiro atoms. The van der Waals surface area contributed by atoms with Gasteiger partial charge in [0, 0.05) is 0 Å². The van der Waals surface area contributed by atoms with Crippen molar-refractivity contribution in [3.05, 3.63) is 0 Å². The molecule has 0 saturated heterocycles. The minimum Gasteiger partial charge on any atom is -0.330 e. The molecule has 13 heavy (non-hydrogen) atoms. The van der Waals surface area contributed by atoms with Crippen molar-refractivity contribution in [1.29, 1.82) is 0 Å². The van der Waals surface area contributed by atoms with E-state index < -0.39 is 0 Å². The van der Waals surface area contributed by atoms with E-state index in [0.29, 0.717) is 5.41 Å². The Kier molecular flexibility index (Phi) is 4.79. The molecule has 0 amide bonds. The molecule has 1 fully saturated rings. The highest BCUT2D eigenvalue weighted by Crippen LogP contribution is 2.48. The molecule has 1 aliphatic carbocycles. The van der Waals surface area contributed by atoms with Crippen LogP contribution < -0.4 is 5.73 Å². The molecule has 0 bridgehead atoms. The molecule has 2 N–H and O–H groups in total. The van der Waals surface area contributed by atoms with Gasteiger partial charge in [-0.05, 0) is 31.2 Å². The minimum atomic E-state index is 0.616. The van der Waals surface area contributed by atoms with Crippen molar-refractivity contribution in [1.82, 2.24) is 0 Å². The average molecular weight is 183 g/mol. The summed E-state index contributed by atoms with van der Waals surface area (Å²) in [6.45, 7) is 3.20. The minimum absolute atomic E-state index is 0.616. The Labute approximate surface area is 83.1 Å². The van der Waals surface area contributed by atoms with E-state index in [2.05, 4.69) is 6.92 Å². The Morgan fingerprint density at radius 3 is 2.15 bits per heavy atom. The standard InChI is InChI=1S/C12H25N/c1-2-3-4-5-6-7-8-12(11-13)9-10-12/h2-11,13H2,1H3. The first-order chi connectivity index (χ1) is 6.33. The van der Waals surface area contributed by atoms with Crippen LogP contribution in [0.1, 0.15) is 64.7 Å². The van der Waals surface area contributed by atoms with Gasteiger partial charge in [0.1, 0.15) is 0 Å². The van der Waals surface area contributed by atoms with Crippen LogP contribution in [-0.2, 0) is 0 Å². The fourth-order valence-corrected chi connectivity index (χ4v) is 2.01. The molecule has 0 radical (unpaired) electrons. The SMILES string of the molecule is CCCCCCCCC1(CN)CC1. The second-order valence-corrected chi connectivity index (χ2v) is 4.72. The summed E-state index contributed by atoms with van der Waals surface area (Å²) in [4.78, 5) is 0. The molecular formula is C12H25N. The number of hydrogen-bond donors (Lipinski definition) is 1. The molecule has 0 aromatic heterocycles. The first-order valence-corrected chi connectivity index (χ1v) is 6.03. The van der Waals surface area contributed by atoms with Gasteiger partial charge in [-0.3, -0.25) is 0 Å². The largest absolute Gasteiger partial charge is 0.330 e. The molecule has 0 aromatic carbocycles. The fraction of sp³-hybridized carbons (Fsp3) is 1.00. The third-order valence-electron chi connectivity index (χ3n) is 3.45. The summed E-state index contributed by atoms with van der Waals surface area (Å²) in [5, 5.41) is 0. The Balaban J connectivity index is 1.84. The Hall–Kier alpha value is -0.0400. The van der Waals surface area contributed by atoms with E-state index in [4.69, 9.17) is 5.73 Å². The second-order valence-electron chi connectivity index (χ2n) is 4.72. The summed E-state index contributed by atoms with van der Waals surface area (Å²) in [7, 11) is 0. The van der Waals surface area contributed by atoms with Crippen LogP contribution in [0.25, 0.3) is 0 Å². The smallest absolute Gasteiger partial charge is 0.00205 e. The molecule has 1 rings (SSSR count). The summed E-state index contributed by atoms with van der Waals surface area (Å²) in [5.41, 5.74) is 6.35. The van der Waals surface area contributed by atoms with E-state index in [1.54, 1.807) is 0 Å². The predicted octanol–water partition coefficient (Wildman–Crippen LogP) is 3.48. The lowest BCUT2D eigenvalue weighted by atomic mass is 9.98. The van der Waals surface area contributed by atoms with Crippen LogP contribution in [0.5, 0.6) is 0 Å². The van der Waals surface area contributed by atoms with E-state index in [1.807, 2.05) is 0 Å². The lowest BCUT2D eigenvalue weighted by Crippen LogP contribution is -2.14. The van der Waals surface area contributed by atoms with Crippen molar-refractivity contribution in [2.45, 2.75) is 64.7 Å². The summed E-state index contributed by atoms with van der Waals surface area (Å²) in [5.74, 6) is 0. The van der Waals surface area contributed by atoms with E-state index >= 15 is 0 Å². The van der Waals surface area contributed by atoms with Crippen molar-refractivity contribution in [2.75, 3.05) is 6.54 Å². The lowest BCUT2D eigenvalue weighted by Gasteiger charge is -2.10. The van der Waals surface area contributed by atoms with Crippen molar-refractivity contribution in [3.8, 4) is 0 Å². The molecule has 0 aliphatic heterocycles. The van der Waals surface area contributed by atoms with E-state index in [9.17, 15) is 0 Å². The van der Waals surface area contributed by atoms with Gasteiger partial charge in [0.2, 0.25) is 0 Å². The Morgan fingerprint density at radius 2 is 1.62 bits per heavy atom. The molecule has 78 valence electrons. The van der Waals surface area contributed by atoms with Gasteiger partial charge >= 0.3 is 0 Å². The maximum Gasteiger partial charge on any atom is -0.00205 e. The van der Waals surface area contributed by atoms with Gasteiger partial charge in [0.05, 0.1) is 0 Å². The second kappa shape index (κ2) is 5.64. The van der Waals surface area contributed by atoms with Crippen molar-refractivity contribution in [3.63, 3.8) is 0 Å². The highest BCUT2D eigenvalue weighted by Gasteiger charge is 2.39. The van der Waals surface area contributed by atoms with Crippen LogP contribution in [0.2, 0.25) is 0 Å². The van der Waals surface area contributed by atoms with Crippen LogP contribution in [0.3, 0.4) is 0 Å². The van der Waals surface area contributed by atoms with Gasteiger partial charge in [0.15, 0.2) is 0 Å². The summed E-state index contributed by atoms with van der Waals surface area (Å²) < 4.78 is 0. The quantitative estimate of drug-likeness (QED) is 0.573. The zero-order valence-electron chi connectivity index (χ0n) is 9.15. The van der Waals surface area contributed by atoms with Crippen LogP contribution in [0, 0.1) is 5.41 Å². The van der Waals surface area contributed by atoms with Gasteiger partial charge in [-0.2, -0.15) is 0 Å². The molecular weight excluding hydrogens is 158 g/mol. The Bertz CT molecular complexity index is 127. The predicted molar refractivity (Wildman–Crippen MR) is 58.7 cm³/mol. The summed E-state index contributed by atoms with van der Waals surface area (Å²) in [6, 6.07) is 0. The van der Waals surface area contributed by atoms with Crippen molar-refractivity contribution >= 4 is 0 Å². The normalized spacial score (nSPS) is 18.9. The van der Waals surface area contributed by atoms with Gasteiger partial charge < -0.3 is 5.73 Å². The van der Waals surface area contributed by atoms with Crippen molar-refractivity contribution in [2.24, 2.45) is 11.1 Å². The first-order valence-electron chi connectivity index (χ1n) is 6.03. The maximum atomic E-state index is 5.73. The molecule has 0 atom stereocenters. The summed E-state index contributed by atoms with van der Waals surface area (Å²) in [6.07, 6.45) is 12.7. The number of unbranched alkanes of at least 4 members (excludes halogenated alkanes) is 5. The maximum absolute atomic E-state index is 5.73. The third-order valence-corrected chi connectivity index (χ3v) is 3.45. The molecule has 0 aromatic rings. The van der Waals surface area contributed by atoms with Gasteiger partial charge in [-0.15, -0.1) is 0 Å². The van der Waals surface area contributed by atoms with Gasteiger partial charge in [0.25, 0.3) is 0 Å². The zero-order chi connectivity index (χ0) is 9.57. The van der Waals surface area contributed by atoms with Crippen molar-refractivity contribution < 1.29 is 0 Å². The zero-order valence-corrected chi connectivity index (χ0v) is 9.15. The van der Waals surface area contributed by atoms with Gasteiger partial charge in [-0.1, -0.05) is 45.4 Å². The van der Waals surface area contributed by atoms with E-state index in [-0.39, 0.29) is 0 Å². The summed E-state index contributed by atoms with van der Waals surface area (Å²) >= 11 is 0. The lowest BCUT2D eigenvalue weighted by molar-refractivity contribution is 0.441. The van der Waals surface area contributed by atoms with Gasteiger partial charge in [-0.25, -0.2) is 0 Å². The van der Waals surface area contributed by atoms with Crippen LogP contribution in [0.4, 0.5) is 0 Å². The fourth-order valence-electron chi connectivity index (χ4n) is 2.01. The van der Waals surface area contributed by atoms with Crippen LogP contribution in [-0.4, -0.2) is 6.54 Å². The molecule has 1 aliphatic rings.